The topological polar surface area (TPSA) is 163 Å². The van der Waals surface area contributed by atoms with Crippen molar-refractivity contribution < 1.29 is 22.1 Å². The quantitative estimate of drug-likeness (QED) is 0.120. The summed E-state index contributed by atoms with van der Waals surface area (Å²) in [5.74, 6) is 0.919. The monoisotopic (exact) mass is 1910 g/mol. The standard InChI is InChI=1S/C28H31N3O.C23H23N3O.C22H19N3O.C21H19N3O.C19H21N3O.5C2H6/c1-17(2)21-8-7-9-22(18(3)4)26(21)31-15-14-30(16-31)25-19(5)10-12-23-24-13-11-20(6)29-28(24)32-27(23)25;1-14(2)25-13-26(20-8-6-5-7-19(20)25)21-15(3)9-11-17-18-12-10-16(4)24-23(18)27-22(17)21;1-15-8-10-18-19-11-9-16(2)23-22(19)26-21(18)20(15)25-13-12-24(14-25)17-6-4-3-5-7-17;1-13-8-10-15-16-11-9-14(2)22-21(16)25-20(15)19(13)24-12-23(3)17-6-4-5-7-18(17)24;1-12(2)21-9-10-22(11-21)17-13(3)5-7-15-16-8-6-14(4)20-19(16)23-18(15)17;5*1-2/h7-15,17-18H,16H2,1-6H3;5-12,14H,13H2,1-4H3;3-13H,14H2,1-2H3;4-11H,12H2,1-3H3;5-10,12H,11H2,1-4H3;5*1-2H3. The lowest BCUT2D eigenvalue weighted by molar-refractivity contribution is 0.336. The van der Waals surface area contributed by atoms with Crippen LogP contribution < -0.4 is 44.1 Å². The second-order valence-electron chi connectivity index (χ2n) is 37.2. The van der Waals surface area contributed by atoms with Gasteiger partial charge in [0.05, 0.1) is 84.5 Å². The van der Waals surface area contributed by atoms with Gasteiger partial charge >= 0.3 is 0 Å². The van der Waals surface area contributed by atoms with Crippen molar-refractivity contribution in [2.45, 2.75) is 218 Å². The van der Waals surface area contributed by atoms with Crippen LogP contribution >= 0.6 is 0 Å². The van der Waals surface area contributed by atoms with Crippen LogP contribution in [0.5, 0.6) is 0 Å². The molecule has 0 spiro atoms. The fraction of sp³-hybridized carbons (Fsp3) is 0.309. The molecule has 24 rings (SSSR count). The zero-order valence-electron chi connectivity index (χ0n) is 89.3. The van der Waals surface area contributed by atoms with E-state index in [1.165, 1.54) is 73.1 Å². The second kappa shape index (κ2) is 44.4. The number of rotatable bonds is 11. The lowest BCUT2D eigenvalue weighted by atomic mass is 9.92. The molecule has 0 saturated heterocycles. The highest BCUT2D eigenvalue weighted by Gasteiger charge is 2.35. The van der Waals surface area contributed by atoms with Crippen LogP contribution in [0.3, 0.4) is 0 Å². The Balaban J connectivity index is 0.000000132. The van der Waals surface area contributed by atoms with E-state index in [0.29, 0.717) is 46.8 Å². The fourth-order valence-electron chi connectivity index (χ4n) is 19.5. The molecule has 20 nitrogen and oxygen atoms in total. The number of aromatic nitrogens is 5. The molecule has 0 fully saturated rings. The molecule has 0 atom stereocenters. The van der Waals surface area contributed by atoms with E-state index in [0.717, 1.165) is 178 Å². The van der Waals surface area contributed by atoms with E-state index in [9.17, 15) is 0 Å². The Morgan fingerprint density at radius 1 is 0.238 bits per heavy atom. The normalized spacial score (nSPS) is 13.4. The van der Waals surface area contributed by atoms with Gasteiger partial charge in [-0.2, -0.15) is 0 Å². The van der Waals surface area contributed by atoms with E-state index in [1.54, 1.807) is 0 Å². The highest BCUT2D eigenvalue weighted by Crippen LogP contribution is 2.51. The van der Waals surface area contributed by atoms with Crippen molar-refractivity contribution in [3.63, 3.8) is 0 Å². The number of fused-ring (bicyclic) bond motifs is 17. The van der Waals surface area contributed by atoms with Gasteiger partial charge in [-0.3, -0.25) is 0 Å². The molecule has 5 aliphatic heterocycles. The molecule has 15 heterocycles. The molecule has 0 amide bonds. The Bertz CT molecular complexity index is 7820. The third-order valence-electron chi connectivity index (χ3n) is 26.4. The fourth-order valence-corrected chi connectivity index (χ4v) is 19.5. The third-order valence-corrected chi connectivity index (χ3v) is 26.4. The second-order valence-corrected chi connectivity index (χ2v) is 37.2. The summed E-state index contributed by atoms with van der Waals surface area (Å²) in [5, 5.41) is 11.0. The van der Waals surface area contributed by atoms with E-state index in [2.05, 4.69) is 390 Å². The molecule has 0 radical (unpaired) electrons. The number of para-hydroxylation sites is 6. The number of anilines is 11. The van der Waals surface area contributed by atoms with Crippen LogP contribution in [-0.4, -0.2) is 82.3 Å². The van der Waals surface area contributed by atoms with Gasteiger partial charge in [-0.25, -0.2) is 24.9 Å². The van der Waals surface area contributed by atoms with Crippen LogP contribution in [0.2, 0.25) is 0 Å². The van der Waals surface area contributed by atoms with Gasteiger partial charge < -0.3 is 71.1 Å². The molecule has 0 bridgehead atoms. The van der Waals surface area contributed by atoms with Crippen LogP contribution in [0.15, 0.2) is 278 Å². The largest absolute Gasteiger partial charge is 0.435 e. The number of benzene rings is 9. The van der Waals surface area contributed by atoms with Gasteiger partial charge in [-0.05, 0) is 245 Å². The summed E-state index contributed by atoms with van der Waals surface area (Å²) in [6, 6.07) is 77.4. The minimum atomic E-state index is 0.427. The van der Waals surface area contributed by atoms with Crippen molar-refractivity contribution >= 4 is 173 Å². The first-order valence-electron chi connectivity index (χ1n) is 51.3. The van der Waals surface area contributed by atoms with Crippen LogP contribution in [0.25, 0.3) is 110 Å². The summed E-state index contributed by atoms with van der Waals surface area (Å²) < 4.78 is 31.2. The Morgan fingerprint density at radius 2 is 0.517 bits per heavy atom. The minimum absolute atomic E-state index is 0.427. The number of hydrogen-bond acceptors (Lipinski definition) is 20. The molecule has 143 heavy (non-hydrogen) atoms. The Hall–Kier alpha value is -15.1. The summed E-state index contributed by atoms with van der Waals surface area (Å²) >= 11 is 0. The zero-order valence-corrected chi connectivity index (χ0v) is 89.3. The first-order valence-corrected chi connectivity index (χ1v) is 51.3. The lowest BCUT2D eigenvalue weighted by Gasteiger charge is -2.28. The van der Waals surface area contributed by atoms with Gasteiger partial charge in [0, 0.05) is 150 Å². The SMILES string of the molecule is CC.CC.CC.CC.CC.Cc1ccc2c(n1)oc1c(N3C=CN(C(C)C)C3)c(C)ccc12.Cc1ccc2c(n1)oc1c(N3C=CN(c4c(C(C)C)cccc4C(C)C)C3)c(C)ccc12.Cc1ccc2c(n1)oc1c(N3C=CN(c4ccccc4)C3)c(C)ccc12.Cc1ccc2c(n1)oc1c(N3CN(C(C)C)c4ccccc43)c(C)ccc12.Cc1ccc2c(n1)oc1c(N3CN(C)c4ccccc43)c(C)ccc12. The van der Waals surface area contributed by atoms with Crippen molar-refractivity contribution in [1.29, 1.82) is 0 Å². The molecule has 19 aromatic rings. The van der Waals surface area contributed by atoms with Gasteiger partial charge in [0.25, 0.3) is 0 Å². The Morgan fingerprint density at radius 3 is 0.860 bits per heavy atom. The third kappa shape index (κ3) is 20.1. The summed E-state index contributed by atoms with van der Waals surface area (Å²) in [7, 11) is 2.12. The molecule has 9 aromatic carbocycles. The summed E-state index contributed by atoms with van der Waals surface area (Å²) in [6.07, 6.45) is 12.9. The van der Waals surface area contributed by atoms with Crippen molar-refractivity contribution in [3.8, 4) is 0 Å². The van der Waals surface area contributed by atoms with Gasteiger partial charge in [0.15, 0.2) is 27.9 Å². The van der Waals surface area contributed by atoms with E-state index in [4.69, 9.17) is 22.1 Å². The molecule has 0 saturated carbocycles. The average Bonchev–Trinajstić information content (AvgIpc) is 1.60. The molecule has 10 aromatic heterocycles. The molecule has 0 unspecified atom stereocenters. The van der Waals surface area contributed by atoms with Gasteiger partial charge in [-0.15, -0.1) is 0 Å². The molecular formula is C123H143N15O5. The number of pyridine rings is 5. The van der Waals surface area contributed by atoms with E-state index in [-0.39, 0.29) is 0 Å². The maximum Gasteiger partial charge on any atom is 0.227 e. The number of furan rings is 5. The summed E-state index contributed by atoms with van der Waals surface area (Å²) in [4.78, 5) is 46.0. The van der Waals surface area contributed by atoms with Crippen LogP contribution in [0, 0.1) is 69.2 Å². The highest BCUT2D eigenvalue weighted by molar-refractivity contribution is 6.14. The maximum atomic E-state index is 6.32. The van der Waals surface area contributed by atoms with Crippen LogP contribution in [-0.2, 0) is 0 Å². The highest BCUT2D eigenvalue weighted by atomic mass is 16.4. The summed E-state index contributed by atoms with van der Waals surface area (Å²) in [5.41, 5.74) is 34.8. The first-order chi connectivity index (χ1) is 69.3. The van der Waals surface area contributed by atoms with Crippen molar-refractivity contribution in [2.75, 3.05) is 84.5 Å². The first kappa shape index (κ1) is 102. The van der Waals surface area contributed by atoms with Crippen molar-refractivity contribution in [3.05, 3.63) is 323 Å². The smallest absolute Gasteiger partial charge is 0.227 e. The van der Waals surface area contributed by atoms with E-state index in [1.807, 2.05) is 140 Å². The maximum absolute atomic E-state index is 6.32. The van der Waals surface area contributed by atoms with Crippen LogP contribution in [0.1, 0.15) is 204 Å². The van der Waals surface area contributed by atoms with Gasteiger partial charge in [-0.1, -0.05) is 218 Å². The molecule has 0 N–H and O–H groups in total. The van der Waals surface area contributed by atoms with Crippen molar-refractivity contribution in [2.24, 2.45) is 0 Å². The number of hydrogen-bond donors (Lipinski definition) is 0. The van der Waals surface area contributed by atoms with Crippen molar-refractivity contribution in [1.82, 2.24) is 29.8 Å². The Labute approximate surface area is 844 Å². The molecular weight excluding hydrogens is 1770 g/mol. The molecule has 740 valence electrons. The zero-order chi connectivity index (χ0) is 102. The molecule has 5 aliphatic rings. The predicted molar refractivity (Wildman–Crippen MR) is 607 cm³/mol. The van der Waals surface area contributed by atoms with E-state index < -0.39 is 0 Å². The Kier molecular flexibility index (Phi) is 31.8. The minimum Gasteiger partial charge on any atom is -0.435 e. The van der Waals surface area contributed by atoms with E-state index >= 15 is 0 Å². The number of nitrogens with zero attached hydrogens (tertiary/aromatic N) is 15. The summed E-state index contributed by atoms with van der Waals surface area (Å²) in [6.45, 7) is 62.6. The van der Waals surface area contributed by atoms with Crippen LogP contribution in [0.4, 0.5) is 62.6 Å². The van der Waals surface area contributed by atoms with Gasteiger partial charge in [0.2, 0.25) is 28.6 Å². The lowest BCUT2D eigenvalue weighted by Crippen LogP contribution is -2.33. The molecule has 20 heteroatoms. The number of aryl methyl sites for hydroxylation is 10. The predicted octanol–water partition coefficient (Wildman–Crippen LogP) is 33.7. The molecule has 0 aliphatic carbocycles. The van der Waals surface area contributed by atoms with Gasteiger partial charge in [0.1, 0.15) is 0 Å². The average molecular weight is 1910 g/mol.